The van der Waals surface area contributed by atoms with Crippen LogP contribution in [0.3, 0.4) is 0 Å². The van der Waals surface area contributed by atoms with E-state index in [9.17, 15) is 0 Å². The van der Waals surface area contributed by atoms with Crippen LogP contribution in [0.1, 0.15) is 5.56 Å². The Balaban J connectivity index is 1.63. The van der Waals surface area contributed by atoms with Crippen LogP contribution in [0.4, 0.5) is 11.4 Å². The van der Waals surface area contributed by atoms with Crippen LogP contribution >= 0.6 is 11.6 Å². The lowest BCUT2D eigenvalue weighted by Crippen LogP contribution is -2.46. The van der Waals surface area contributed by atoms with Gasteiger partial charge in [-0.1, -0.05) is 23.7 Å². The number of hydrogen-bond acceptors (Lipinski definition) is 4. The molecule has 1 aromatic heterocycles. The average molecular weight is 303 g/mol. The zero-order valence-corrected chi connectivity index (χ0v) is 12.6. The topological polar surface area (TPSA) is 45.4 Å². The van der Waals surface area contributed by atoms with Gasteiger partial charge in [-0.15, -0.1) is 0 Å². The fourth-order valence-corrected chi connectivity index (χ4v) is 3.05. The van der Waals surface area contributed by atoms with Crippen molar-refractivity contribution in [1.82, 2.24) is 9.88 Å². The molecule has 1 aliphatic rings. The largest absolute Gasteiger partial charge is 0.397 e. The minimum atomic E-state index is 0.732. The van der Waals surface area contributed by atoms with Crippen molar-refractivity contribution in [2.45, 2.75) is 6.54 Å². The summed E-state index contributed by atoms with van der Waals surface area (Å²) < 4.78 is 0. The number of hydrogen-bond donors (Lipinski definition) is 1. The van der Waals surface area contributed by atoms with Gasteiger partial charge in [-0.25, -0.2) is 0 Å². The molecule has 0 unspecified atom stereocenters. The number of aromatic nitrogens is 1. The zero-order valence-electron chi connectivity index (χ0n) is 11.9. The molecule has 1 fully saturated rings. The molecular formula is C16H19ClN4. The number of benzene rings is 1. The van der Waals surface area contributed by atoms with Crippen molar-refractivity contribution < 1.29 is 0 Å². The molecule has 0 amide bonds. The third-order valence-electron chi connectivity index (χ3n) is 3.84. The number of pyridine rings is 1. The van der Waals surface area contributed by atoms with Gasteiger partial charge in [0.2, 0.25) is 0 Å². The maximum absolute atomic E-state index is 6.29. The normalized spacial score (nSPS) is 16.1. The van der Waals surface area contributed by atoms with Crippen LogP contribution in [0.5, 0.6) is 0 Å². The van der Waals surface area contributed by atoms with Crippen LogP contribution in [-0.4, -0.2) is 36.1 Å². The summed E-state index contributed by atoms with van der Waals surface area (Å²) in [4.78, 5) is 8.87. The number of rotatable bonds is 3. The molecule has 2 aromatic rings. The second-order valence-electron chi connectivity index (χ2n) is 5.30. The highest BCUT2D eigenvalue weighted by atomic mass is 35.5. The summed E-state index contributed by atoms with van der Waals surface area (Å²) in [6.45, 7) is 4.82. The highest BCUT2D eigenvalue weighted by Gasteiger charge is 2.20. The zero-order chi connectivity index (χ0) is 14.7. The maximum Gasteiger partial charge on any atom is 0.0790 e. The van der Waals surface area contributed by atoms with E-state index in [-0.39, 0.29) is 0 Å². The van der Waals surface area contributed by atoms with Crippen molar-refractivity contribution in [2.24, 2.45) is 0 Å². The quantitative estimate of drug-likeness (QED) is 0.885. The van der Waals surface area contributed by atoms with Gasteiger partial charge in [0.05, 0.1) is 16.4 Å². The van der Waals surface area contributed by atoms with Crippen molar-refractivity contribution >= 4 is 23.0 Å². The van der Waals surface area contributed by atoms with Crippen LogP contribution < -0.4 is 10.6 Å². The Morgan fingerprint density at radius 3 is 2.57 bits per heavy atom. The lowest BCUT2D eigenvalue weighted by atomic mass is 10.2. The van der Waals surface area contributed by atoms with E-state index in [2.05, 4.69) is 20.9 Å². The molecule has 1 saturated heterocycles. The lowest BCUT2D eigenvalue weighted by Gasteiger charge is -2.37. The maximum atomic E-state index is 6.29. The number of piperazine rings is 1. The van der Waals surface area contributed by atoms with Crippen molar-refractivity contribution in [1.29, 1.82) is 0 Å². The van der Waals surface area contributed by atoms with E-state index in [1.165, 1.54) is 5.56 Å². The summed E-state index contributed by atoms with van der Waals surface area (Å²) in [5.41, 5.74) is 9.04. The van der Waals surface area contributed by atoms with Crippen molar-refractivity contribution in [3.8, 4) is 0 Å². The Morgan fingerprint density at radius 1 is 1.10 bits per heavy atom. The van der Waals surface area contributed by atoms with Crippen molar-refractivity contribution in [3.05, 3.63) is 53.3 Å². The molecule has 3 rings (SSSR count). The first-order valence-electron chi connectivity index (χ1n) is 7.14. The molecule has 1 aromatic carbocycles. The van der Waals surface area contributed by atoms with Gasteiger partial charge in [0.25, 0.3) is 0 Å². The monoisotopic (exact) mass is 302 g/mol. The van der Waals surface area contributed by atoms with Gasteiger partial charge >= 0.3 is 0 Å². The summed E-state index contributed by atoms with van der Waals surface area (Å²) in [6.07, 6.45) is 3.74. The van der Waals surface area contributed by atoms with Gasteiger partial charge in [0.1, 0.15) is 0 Å². The second kappa shape index (κ2) is 6.33. The van der Waals surface area contributed by atoms with Crippen molar-refractivity contribution in [3.63, 3.8) is 0 Å². The highest BCUT2D eigenvalue weighted by Crippen LogP contribution is 2.32. The molecule has 21 heavy (non-hydrogen) atoms. The number of nitrogen functional groups attached to an aromatic ring is 1. The van der Waals surface area contributed by atoms with Gasteiger partial charge in [0.15, 0.2) is 0 Å². The van der Waals surface area contributed by atoms with E-state index >= 15 is 0 Å². The van der Waals surface area contributed by atoms with Crippen LogP contribution in [0.15, 0.2) is 42.7 Å². The minimum Gasteiger partial charge on any atom is -0.397 e. The van der Waals surface area contributed by atoms with E-state index < -0.39 is 0 Å². The lowest BCUT2D eigenvalue weighted by molar-refractivity contribution is 0.249. The summed E-state index contributed by atoms with van der Waals surface area (Å²) in [6, 6.07) is 9.79. The fourth-order valence-electron chi connectivity index (χ4n) is 2.75. The number of anilines is 2. The van der Waals surface area contributed by atoms with Gasteiger partial charge in [-0.05, 0) is 23.8 Å². The number of nitrogens with two attached hydrogens (primary N) is 1. The van der Waals surface area contributed by atoms with E-state index in [0.29, 0.717) is 0 Å². The molecule has 0 aliphatic carbocycles. The standard InChI is InChI=1S/C16H19ClN4/c17-14-4-1-5-15(18)16(14)21-9-7-20(8-10-21)12-13-3-2-6-19-11-13/h1-6,11H,7-10,12,18H2. The molecule has 110 valence electrons. The summed E-state index contributed by atoms with van der Waals surface area (Å²) in [5, 5.41) is 0.732. The van der Waals surface area contributed by atoms with E-state index in [0.717, 1.165) is 49.1 Å². The Hall–Kier alpha value is -1.78. The Bertz CT molecular complexity index is 574. The molecule has 0 atom stereocenters. The SMILES string of the molecule is Nc1cccc(Cl)c1N1CCN(Cc2cccnc2)CC1. The highest BCUT2D eigenvalue weighted by molar-refractivity contribution is 6.34. The Morgan fingerprint density at radius 2 is 1.90 bits per heavy atom. The fraction of sp³-hybridized carbons (Fsp3) is 0.312. The smallest absolute Gasteiger partial charge is 0.0790 e. The third kappa shape index (κ3) is 3.28. The molecule has 0 radical (unpaired) electrons. The number of halogens is 1. The molecule has 2 N–H and O–H groups in total. The molecule has 4 nitrogen and oxygen atoms in total. The number of para-hydroxylation sites is 1. The number of nitrogens with zero attached hydrogens (tertiary/aromatic N) is 3. The molecular weight excluding hydrogens is 284 g/mol. The third-order valence-corrected chi connectivity index (χ3v) is 4.14. The first-order valence-corrected chi connectivity index (χ1v) is 7.52. The summed E-state index contributed by atoms with van der Waals surface area (Å²) in [5.74, 6) is 0. The van der Waals surface area contributed by atoms with Crippen LogP contribution in [0.2, 0.25) is 5.02 Å². The van der Waals surface area contributed by atoms with Gasteiger partial charge in [-0.3, -0.25) is 9.88 Å². The Kier molecular flexibility index (Phi) is 4.27. The van der Waals surface area contributed by atoms with Crippen LogP contribution in [0.25, 0.3) is 0 Å². The Labute approximate surface area is 130 Å². The van der Waals surface area contributed by atoms with Crippen LogP contribution in [0, 0.1) is 0 Å². The van der Waals surface area contributed by atoms with Crippen LogP contribution in [-0.2, 0) is 6.54 Å². The van der Waals surface area contributed by atoms with Gasteiger partial charge < -0.3 is 10.6 Å². The predicted octanol–water partition coefficient (Wildman–Crippen LogP) is 2.64. The molecule has 2 heterocycles. The molecule has 0 bridgehead atoms. The van der Waals surface area contributed by atoms with Gasteiger partial charge in [-0.2, -0.15) is 0 Å². The van der Waals surface area contributed by atoms with E-state index in [4.69, 9.17) is 17.3 Å². The average Bonchev–Trinajstić information content (AvgIpc) is 2.50. The molecule has 1 aliphatic heterocycles. The molecule has 0 saturated carbocycles. The second-order valence-corrected chi connectivity index (χ2v) is 5.71. The summed E-state index contributed by atoms with van der Waals surface area (Å²) in [7, 11) is 0. The van der Waals surface area contributed by atoms with E-state index in [1.807, 2.05) is 36.7 Å². The molecule has 5 heteroatoms. The first-order chi connectivity index (χ1) is 10.2. The minimum absolute atomic E-state index is 0.732. The van der Waals surface area contributed by atoms with Gasteiger partial charge in [0, 0.05) is 45.1 Å². The predicted molar refractivity (Wildman–Crippen MR) is 87.6 cm³/mol. The van der Waals surface area contributed by atoms with Crippen molar-refractivity contribution in [2.75, 3.05) is 36.8 Å². The molecule has 0 spiro atoms. The first kappa shape index (κ1) is 14.2. The summed E-state index contributed by atoms with van der Waals surface area (Å²) >= 11 is 6.29. The van der Waals surface area contributed by atoms with E-state index in [1.54, 1.807) is 0 Å².